The van der Waals surface area contributed by atoms with Crippen molar-refractivity contribution in [2.45, 2.75) is 57.6 Å². The second-order valence-electron chi connectivity index (χ2n) is 5.51. The monoisotopic (exact) mass is 262 g/mol. The third kappa shape index (κ3) is 4.03. The molecule has 19 heavy (non-hydrogen) atoms. The summed E-state index contributed by atoms with van der Waals surface area (Å²) >= 11 is 0. The van der Waals surface area contributed by atoms with Crippen LogP contribution in [0.3, 0.4) is 0 Å². The molecule has 4 nitrogen and oxygen atoms in total. The number of pyridine rings is 1. The molecule has 0 bridgehead atoms. The van der Waals surface area contributed by atoms with E-state index in [9.17, 15) is 9.90 Å². The van der Waals surface area contributed by atoms with Gasteiger partial charge in [0.2, 0.25) is 5.91 Å². The fourth-order valence-electron chi connectivity index (χ4n) is 2.63. The molecule has 1 heterocycles. The van der Waals surface area contributed by atoms with E-state index in [4.69, 9.17) is 0 Å². The fraction of sp³-hybridized carbons (Fsp3) is 0.600. The normalized spacial score (nSPS) is 18.0. The number of hydrogen-bond donors (Lipinski definition) is 2. The maximum absolute atomic E-state index is 11.9. The molecule has 2 rings (SSSR count). The molecule has 0 unspecified atom stereocenters. The van der Waals surface area contributed by atoms with E-state index in [1.807, 2.05) is 19.1 Å². The van der Waals surface area contributed by atoms with Gasteiger partial charge in [0.25, 0.3) is 0 Å². The van der Waals surface area contributed by atoms with Gasteiger partial charge in [0.05, 0.1) is 24.3 Å². The SMILES string of the molecule is Cc1cccnc1CNC(=O)CC1(O)CCCCC1. The van der Waals surface area contributed by atoms with Gasteiger partial charge in [-0.1, -0.05) is 25.3 Å². The molecule has 0 radical (unpaired) electrons. The summed E-state index contributed by atoms with van der Waals surface area (Å²) in [5.41, 5.74) is 1.16. The van der Waals surface area contributed by atoms with Gasteiger partial charge in [-0.25, -0.2) is 0 Å². The van der Waals surface area contributed by atoms with Crippen LogP contribution in [0, 0.1) is 6.92 Å². The van der Waals surface area contributed by atoms with E-state index in [2.05, 4.69) is 10.3 Å². The van der Waals surface area contributed by atoms with Crippen molar-refractivity contribution < 1.29 is 9.90 Å². The molecule has 1 aromatic rings. The molecule has 0 saturated heterocycles. The molecular weight excluding hydrogens is 240 g/mol. The summed E-state index contributed by atoms with van der Waals surface area (Å²) in [4.78, 5) is 16.1. The lowest BCUT2D eigenvalue weighted by molar-refractivity contribution is -0.127. The number of aliphatic hydroxyl groups is 1. The Morgan fingerprint density at radius 1 is 1.42 bits per heavy atom. The summed E-state index contributed by atoms with van der Waals surface area (Å²) in [5, 5.41) is 13.2. The Labute approximate surface area is 114 Å². The molecule has 1 aliphatic rings. The molecular formula is C15H22N2O2. The largest absolute Gasteiger partial charge is 0.389 e. The van der Waals surface area contributed by atoms with Crippen molar-refractivity contribution in [3.05, 3.63) is 29.6 Å². The molecule has 1 amide bonds. The number of carbonyl (C=O) groups excluding carboxylic acids is 1. The highest BCUT2D eigenvalue weighted by Gasteiger charge is 2.31. The van der Waals surface area contributed by atoms with E-state index < -0.39 is 5.60 Å². The van der Waals surface area contributed by atoms with E-state index in [0.29, 0.717) is 6.54 Å². The minimum atomic E-state index is -0.790. The van der Waals surface area contributed by atoms with E-state index >= 15 is 0 Å². The van der Waals surface area contributed by atoms with Crippen LogP contribution in [0.25, 0.3) is 0 Å². The van der Waals surface area contributed by atoms with Gasteiger partial charge in [-0.2, -0.15) is 0 Å². The number of hydrogen-bond acceptors (Lipinski definition) is 3. The van der Waals surface area contributed by atoms with Crippen molar-refractivity contribution in [2.24, 2.45) is 0 Å². The quantitative estimate of drug-likeness (QED) is 0.873. The van der Waals surface area contributed by atoms with Crippen LogP contribution in [0.5, 0.6) is 0 Å². The summed E-state index contributed by atoms with van der Waals surface area (Å²) in [6.07, 6.45) is 6.61. The topological polar surface area (TPSA) is 62.2 Å². The van der Waals surface area contributed by atoms with Gasteiger partial charge >= 0.3 is 0 Å². The second-order valence-corrected chi connectivity index (χ2v) is 5.51. The molecule has 104 valence electrons. The molecule has 2 N–H and O–H groups in total. The lowest BCUT2D eigenvalue weighted by Crippen LogP contribution is -2.38. The lowest BCUT2D eigenvalue weighted by atomic mass is 9.82. The van der Waals surface area contributed by atoms with Gasteiger partial charge < -0.3 is 10.4 Å². The molecule has 0 spiro atoms. The number of nitrogens with one attached hydrogen (secondary N) is 1. The standard InChI is InChI=1S/C15H22N2O2/c1-12-6-5-9-16-13(12)11-17-14(18)10-15(19)7-3-2-4-8-15/h5-6,9,19H,2-4,7-8,10-11H2,1H3,(H,17,18). The Morgan fingerprint density at radius 2 is 2.16 bits per heavy atom. The number of aromatic nitrogens is 1. The van der Waals surface area contributed by atoms with Gasteiger partial charge in [-0.3, -0.25) is 9.78 Å². The first-order valence-electron chi connectivity index (χ1n) is 6.99. The predicted molar refractivity (Wildman–Crippen MR) is 73.5 cm³/mol. The third-order valence-electron chi connectivity index (χ3n) is 3.84. The van der Waals surface area contributed by atoms with Gasteiger partial charge in [0, 0.05) is 6.20 Å². The zero-order valence-corrected chi connectivity index (χ0v) is 11.5. The number of carbonyl (C=O) groups is 1. The van der Waals surface area contributed by atoms with Crippen LogP contribution in [-0.4, -0.2) is 21.6 Å². The van der Waals surface area contributed by atoms with Crippen LogP contribution in [0.15, 0.2) is 18.3 Å². The average molecular weight is 262 g/mol. The highest BCUT2D eigenvalue weighted by Crippen LogP contribution is 2.30. The van der Waals surface area contributed by atoms with Crippen molar-refractivity contribution >= 4 is 5.91 Å². The van der Waals surface area contributed by atoms with Gasteiger partial charge in [-0.15, -0.1) is 0 Å². The van der Waals surface area contributed by atoms with Crippen LogP contribution in [0.4, 0.5) is 0 Å². The van der Waals surface area contributed by atoms with Crippen molar-refractivity contribution in [2.75, 3.05) is 0 Å². The van der Waals surface area contributed by atoms with Crippen molar-refractivity contribution in [3.8, 4) is 0 Å². The van der Waals surface area contributed by atoms with E-state index in [1.54, 1.807) is 6.20 Å². The van der Waals surface area contributed by atoms with Crippen molar-refractivity contribution in [1.82, 2.24) is 10.3 Å². The van der Waals surface area contributed by atoms with Crippen molar-refractivity contribution in [3.63, 3.8) is 0 Å². The molecule has 0 atom stereocenters. The molecule has 4 heteroatoms. The fourth-order valence-corrected chi connectivity index (χ4v) is 2.63. The summed E-state index contributed by atoms with van der Waals surface area (Å²) in [5.74, 6) is -0.0885. The average Bonchev–Trinajstić information content (AvgIpc) is 2.38. The number of amides is 1. The highest BCUT2D eigenvalue weighted by molar-refractivity contribution is 5.77. The Balaban J connectivity index is 1.83. The van der Waals surface area contributed by atoms with Crippen LogP contribution >= 0.6 is 0 Å². The first-order valence-corrected chi connectivity index (χ1v) is 6.99. The smallest absolute Gasteiger partial charge is 0.223 e. The maximum atomic E-state index is 11.9. The summed E-state index contributed by atoms with van der Waals surface area (Å²) < 4.78 is 0. The van der Waals surface area contributed by atoms with E-state index in [0.717, 1.165) is 43.4 Å². The predicted octanol–water partition coefficient (Wildman–Crippen LogP) is 2.09. The van der Waals surface area contributed by atoms with Crippen LogP contribution < -0.4 is 5.32 Å². The van der Waals surface area contributed by atoms with Crippen molar-refractivity contribution in [1.29, 1.82) is 0 Å². The number of nitrogens with zero attached hydrogens (tertiary/aromatic N) is 1. The molecule has 0 aromatic carbocycles. The first kappa shape index (κ1) is 14.0. The highest BCUT2D eigenvalue weighted by atomic mass is 16.3. The van der Waals surface area contributed by atoms with Gasteiger partial charge in [0.1, 0.15) is 0 Å². The number of rotatable bonds is 4. The minimum Gasteiger partial charge on any atom is -0.389 e. The van der Waals surface area contributed by atoms with E-state index in [-0.39, 0.29) is 12.3 Å². The van der Waals surface area contributed by atoms with Gasteiger partial charge in [-0.05, 0) is 31.4 Å². The summed E-state index contributed by atoms with van der Waals surface area (Å²) in [7, 11) is 0. The first-order chi connectivity index (χ1) is 9.09. The lowest BCUT2D eigenvalue weighted by Gasteiger charge is -2.31. The van der Waals surface area contributed by atoms with Crippen LogP contribution in [-0.2, 0) is 11.3 Å². The van der Waals surface area contributed by atoms with Crippen LogP contribution in [0.2, 0.25) is 0 Å². The minimum absolute atomic E-state index is 0.0885. The summed E-state index contributed by atoms with van der Waals surface area (Å²) in [6, 6.07) is 3.86. The third-order valence-corrected chi connectivity index (χ3v) is 3.84. The maximum Gasteiger partial charge on any atom is 0.223 e. The zero-order chi connectivity index (χ0) is 13.7. The molecule has 1 aromatic heterocycles. The Morgan fingerprint density at radius 3 is 2.84 bits per heavy atom. The Kier molecular flexibility index (Phi) is 4.53. The molecule has 1 aliphatic carbocycles. The summed E-state index contributed by atoms with van der Waals surface area (Å²) in [6.45, 7) is 2.41. The second kappa shape index (κ2) is 6.15. The Bertz CT molecular complexity index is 440. The molecule has 1 fully saturated rings. The van der Waals surface area contributed by atoms with E-state index in [1.165, 1.54) is 0 Å². The van der Waals surface area contributed by atoms with Gasteiger partial charge in [0.15, 0.2) is 0 Å². The number of aryl methyl sites for hydroxylation is 1. The van der Waals surface area contributed by atoms with Crippen LogP contribution in [0.1, 0.15) is 49.8 Å². The zero-order valence-electron chi connectivity index (χ0n) is 11.5. The molecule has 1 saturated carbocycles. The Hall–Kier alpha value is -1.42. The molecule has 0 aliphatic heterocycles.